The van der Waals surface area contributed by atoms with Crippen molar-refractivity contribution in [1.82, 2.24) is 10.2 Å². The first-order chi connectivity index (χ1) is 17.3. The number of nitrogens with one attached hydrogen (secondary N) is 1. The van der Waals surface area contributed by atoms with Gasteiger partial charge < -0.3 is 30.9 Å². The number of likely N-dealkylation sites (tertiary alicyclic amines) is 1. The number of nitrogens with zero attached hydrogens (tertiary/aromatic N) is 1. The predicted molar refractivity (Wildman–Crippen MR) is 127 cm³/mol. The number of aromatic hydroxyl groups is 2. The fourth-order valence-corrected chi connectivity index (χ4v) is 5.49. The van der Waals surface area contributed by atoms with Gasteiger partial charge in [0, 0.05) is 48.2 Å². The van der Waals surface area contributed by atoms with Crippen molar-refractivity contribution in [1.29, 1.82) is 0 Å². The summed E-state index contributed by atoms with van der Waals surface area (Å²) in [5.74, 6) is -2.20. The van der Waals surface area contributed by atoms with E-state index in [0.717, 1.165) is 0 Å². The Labute approximate surface area is 207 Å². The molecule has 0 radical (unpaired) electrons. The Balaban J connectivity index is 1.40. The first-order valence-electron chi connectivity index (χ1n) is 11.9. The molecule has 0 bridgehead atoms. The van der Waals surface area contributed by atoms with Crippen molar-refractivity contribution in [2.75, 3.05) is 33.3 Å². The molecule has 1 heterocycles. The second-order valence-corrected chi connectivity index (χ2v) is 9.50. The number of rotatable bonds is 5. The van der Waals surface area contributed by atoms with E-state index in [0.29, 0.717) is 37.2 Å². The van der Waals surface area contributed by atoms with Gasteiger partial charge in [-0.1, -0.05) is 12.1 Å². The Hall–Kier alpha value is -3.92. The number of fused-ring (bicyclic) bond motifs is 3. The normalized spacial score (nSPS) is 18.6. The highest BCUT2D eigenvalue weighted by Gasteiger charge is 2.42. The molecule has 10 heteroatoms. The van der Waals surface area contributed by atoms with Crippen LogP contribution in [0, 0.1) is 11.8 Å². The molecule has 1 aliphatic heterocycles. The molecule has 10 nitrogen and oxygen atoms in total. The van der Waals surface area contributed by atoms with E-state index in [2.05, 4.69) is 5.32 Å². The van der Waals surface area contributed by atoms with Crippen molar-refractivity contribution < 1.29 is 34.1 Å². The van der Waals surface area contributed by atoms with Gasteiger partial charge in [-0.2, -0.15) is 0 Å². The zero-order valence-corrected chi connectivity index (χ0v) is 19.8. The minimum absolute atomic E-state index is 0.0611. The van der Waals surface area contributed by atoms with Gasteiger partial charge in [0.1, 0.15) is 17.2 Å². The predicted octanol–water partition coefficient (Wildman–Crippen LogP) is 0.520. The highest BCUT2D eigenvalue weighted by atomic mass is 16.5. The summed E-state index contributed by atoms with van der Waals surface area (Å²) in [6.07, 6.45) is 0.867. The number of amides is 2. The Morgan fingerprint density at radius 1 is 1.08 bits per heavy atom. The molecule has 36 heavy (non-hydrogen) atoms. The van der Waals surface area contributed by atoms with Gasteiger partial charge >= 0.3 is 0 Å². The number of ketones is 2. The van der Waals surface area contributed by atoms with E-state index in [1.165, 1.54) is 13.2 Å². The van der Waals surface area contributed by atoms with Crippen molar-refractivity contribution in [2.45, 2.75) is 19.3 Å². The van der Waals surface area contributed by atoms with E-state index in [4.69, 9.17) is 10.5 Å². The van der Waals surface area contributed by atoms with Gasteiger partial charge in [-0.3, -0.25) is 19.2 Å². The molecule has 1 atom stereocenters. The molecule has 5 rings (SSSR count). The van der Waals surface area contributed by atoms with E-state index in [1.54, 1.807) is 17.0 Å². The second-order valence-electron chi connectivity index (χ2n) is 9.50. The van der Waals surface area contributed by atoms with Crippen molar-refractivity contribution in [2.24, 2.45) is 17.6 Å². The average molecular weight is 494 g/mol. The summed E-state index contributed by atoms with van der Waals surface area (Å²) < 4.78 is 5.26. The van der Waals surface area contributed by atoms with Crippen molar-refractivity contribution in [3.05, 3.63) is 51.6 Å². The minimum Gasteiger partial charge on any atom is -0.507 e. The molecule has 0 saturated carbocycles. The van der Waals surface area contributed by atoms with Crippen LogP contribution in [0.15, 0.2) is 18.2 Å². The molecule has 0 aromatic heterocycles. The third kappa shape index (κ3) is 3.60. The summed E-state index contributed by atoms with van der Waals surface area (Å²) in [6.45, 7) is 1.40. The van der Waals surface area contributed by atoms with Gasteiger partial charge in [-0.25, -0.2) is 0 Å². The van der Waals surface area contributed by atoms with Crippen LogP contribution in [0.25, 0.3) is 0 Å². The summed E-state index contributed by atoms with van der Waals surface area (Å²) in [5.41, 5.74) is 5.71. The van der Waals surface area contributed by atoms with E-state index in [1.807, 2.05) is 0 Å². The van der Waals surface area contributed by atoms with Crippen LogP contribution in [-0.2, 0) is 22.4 Å². The van der Waals surface area contributed by atoms with Gasteiger partial charge in [0.2, 0.25) is 17.6 Å². The number of phenolic OH excluding ortho intramolecular Hbond substituents is 2. The fraction of sp³-hybridized carbons (Fsp3) is 0.385. The van der Waals surface area contributed by atoms with Crippen LogP contribution < -0.4 is 15.8 Å². The Bertz CT molecular complexity index is 1310. The van der Waals surface area contributed by atoms with Crippen molar-refractivity contribution in [3.8, 4) is 17.2 Å². The number of ether oxygens (including phenoxy) is 1. The van der Waals surface area contributed by atoms with Crippen LogP contribution in [0.5, 0.6) is 17.2 Å². The molecular formula is C26H27N3O7. The van der Waals surface area contributed by atoms with Crippen LogP contribution >= 0.6 is 0 Å². The van der Waals surface area contributed by atoms with Gasteiger partial charge in [0.25, 0.3) is 0 Å². The number of benzene rings is 2. The summed E-state index contributed by atoms with van der Waals surface area (Å²) in [4.78, 5) is 52.8. The van der Waals surface area contributed by atoms with Crippen molar-refractivity contribution >= 4 is 23.4 Å². The maximum atomic E-state index is 13.3. The Kier molecular flexibility index (Phi) is 5.91. The van der Waals surface area contributed by atoms with Gasteiger partial charge in [-0.05, 0) is 25.3 Å². The zero-order valence-electron chi connectivity index (χ0n) is 19.8. The van der Waals surface area contributed by atoms with Gasteiger partial charge in [0.05, 0.1) is 30.3 Å². The lowest BCUT2D eigenvalue weighted by Crippen LogP contribution is -2.56. The summed E-state index contributed by atoms with van der Waals surface area (Å²) in [5, 5.41) is 24.9. The Morgan fingerprint density at radius 2 is 1.78 bits per heavy atom. The number of phenols is 2. The van der Waals surface area contributed by atoms with Gasteiger partial charge in [0.15, 0.2) is 5.78 Å². The van der Waals surface area contributed by atoms with Crippen LogP contribution in [0.4, 0.5) is 0 Å². The van der Waals surface area contributed by atoms with E-state index < -0.39 is 17.5 Å². The number of carbonyl (C=O) groups excluding carboxylic acids is 4. The largest absolute Gasteiger partial charge is 0.507 e. The zero-order chi connectivity index (χ0) is 25.7. The number of methoxy groups -OCH3 is 1. The molecule has 0 spiro atoms. The standard InChI is InChI=1S/C26H27N3O7/c1-36-17-4-2-3-15-19(17)25(34)21-20(23(15)32)24(33)16-7-13(5-6-14(16)22(21)31)26(35)29-10-12(11-29)9-28-18(30)8-27/h2-4,12-13,31,33H,5-11,27H2,1H3,(H,28,30). The quantitative estimate of drug-likeness (QED) is 0.374. The average Bonchev–Trinajstić information content (AvgIpc) is 2.87. The molecule has 188 valence electrons. The summed E-state index contributed by atoms with van der Waals surface area (Å²) >= 11 is 0. The van der Waals surface area contributed by atoms with Crippen LogP contribution in [0.3, 0.4) is 0 Å². The SMILES string of the molecule is COc1cccc2c1C(=O)c1c(O)c3c(c(O)c1C2=O)CC(C(=O)N1CC(CNC(=O)CN)C1)CC3. The number of carbonyl (C=O) groups is 4. The molecule has 2 amide bonds. The highest BCUT2D eigenvalue weighted by Crippen LogP contribution is 2.47. The lowest BCUT2D eigenvalue weighted by molar-refractivity contribution is -0.142. The van der Waals surface area contributed by atoms with Crippen LogP contribution in [-0.4, -0.2) is 71.8 Å². The van der Waals surface area contributed by atoms with Crippen molar-refractivity contribution in [3.63, 3.8) is 0 Å². The maximum Gasteiger partial charge on any atom is 0.233 e. The molecule has 1 fully saturated rings. The molecule has 2 aromatic rings. The molecule has 3 aliphatic rings. The summed E-state index contributed by atoms with van der Waals surface area (Å²) in [6, 6.07) is 4.63. The molecule has 2 aromatic carbocycles. The first-order valence-corrected chi connectivity index (χ1v) is 11.9. The van der Waals surface area contributed by atoms with Crippen LogP contribution in [0.1, 0.15) is 49.4 Å². The van der Waals surface area contributed by atoms with Gasteiger partial charge in [-0.15, -0.1) is 0 Å². The smallest absolute Gasteiger partial charge is 0.233 e. The number of nitrogens with two attached hydrogens (primary N) is 1. The number of hydrogen-bond donors (Lipinski definition) is 4. The molecule has 1 unspecified atom stereocenters. The van der Waals surface area contributed by atoms with Crippen LogP contribution in [0.2, 0.25) is 0 Å². The Morgan fingerprint density at radius 3 is 2.47 bits per heavy atom. The lowest BCUT2D eigenvalue weighted by atomic mass is 9.75. The topological polar surface area (TPSA) is 159 Å². The van der Waals surface area contributed by atoms with E-state index >= 15 is 0 Å². The highest BCUT2D eigenvalue weighted by molar-refractivity contribution is 6.31. The minimum atomic E-state index is -0.584. The van der Waals surface area contributed by atoms with E-state index in [9.17, 15) is 29.4 Å². The second kappa shape index (κ2) is 8.94. The monoisotopic (exact) mass is 493 g/mol. The first kappa shape index (κ1) is 23.8. The lowest BCUT2D eigenvalue weighted by Gasteiger charge is -2.42. The fourth-order valence-electron chi connectivity index (χ4n) is 5.49. The number of hydrogen-bond acceptors (Lipinski definition) is 8. The molecule has 1 saturated heterocycles. The van der Waals surface area contributed by atoms with E-state index in [-0.39, 0.29) is 76.6 Å². The molecule has 5 N–H and O–H groups in total. The third-order valence-corrected chi connectivity index (χ3v) is 7.42. The molecular weight excluding hydrogens is 466 g/mol. The molecule has 2 aliphatic carbocycles. The third-order valence-electron chi connectivity index (χ3n) is 7.42. The maximum absolute atomic E-state index is 13.3. The summed E-state index contributed by atoms with van der Waals surface area (Å²) in [7, 11) is 1.39.